The van der Waals surface area contributed by atoms with Gasteiger partial charge in [-0.1, -0.05) is 53.0 Å². The maximum Gasteiger partial charge on any atom is 0.335 e. The molecule has 5 unspecified atom stereocenters. The molecule has 0 radical (unpaired) electrons. The Hall–Kier alpha value is -3.26. The Kier molecular flexibility index (Phi) is 14.8. The van der Waals surface area contributed by atoms with E-state index >= 15 is 0 Å². The van der Waals surface area contributed by atoms with Gasteiger partial charge in [0.05, 0.1) is 5.92 Å². The number of aliphatic carboxylic acids is 1. The molecule has 13 nitrogen and oxygen atoms in total. The first-order valence-corrected chi connectivity index (χ1v) is 14.7. The zero-order valence-corrected chi connectivity index (χ0v) is 25.3. The lowest BCUT2D eigenvalue weighted by molar-refractivity contribution is -0.271. The zero-order chi connectivity index (χ0) is 32.1. The molecule has 6 N–H and O–H groups in total. The maximum absolute atomic E-state index is 12.5. The van der Waals surface area contributed by atoms with Crippen molar-refractivity contribution in [3.8, 4) is 5.75 Å². The third-order valence-electron chi connectivity index (χ3n) is 6.87. The number of carbonyl (C=O) groups is 4. The summed E-state index contributed by atoms with van der Waals surface area (Å²) in [6, 6.07) is 4.63. The van der Waals surface area contributed by atoms with Gasteiger partial charge >= 0.3 is 11.9 Å². The Morgan fingerprint density at radius 3 is 2.26 bits per heavy atom. The number of aliphatic hydroxyl groups is 3. The first-order chi connectivity index (χ1) is 20.3. The lowest BCUT2D eigenvalue weighted by Gasteiger charge is -2.38. The van der Waals surface area contributed by atoms with Gasteiger partial charge in [0.2, 0.25) is 18.1 Å². The Morgan fingerprint density at radius 2 is 1.60 bits per heavy atom. The molecule has 1 aromatic carbocycles. The van der Waals surface area contributed by atoms with Crippen LogP contribution in [0, 0.1) is 11.8 Å². The SMILES string of the molecule is CC(C)CCCCCC(=O)NCCC(=O)NCc1cc(COC(=O)C(C)C)ccc1OC1OC(C(=O)O)C(O)C(O)C1O. The summed E-state index contributed by atoms with van der Waals surface area (Å²) in [5, 5.41) is 45.2. The van der Waals surface area contributed by atoms with Crippen LogP contribution in [0.5, 0.6) is 5.75 Å². The van der Waals surface area contributed by atoms with E-state index in [4.69, 9.17) is 14.2 Å². The Labute approximate surface area is 251 Å². The first kappa shape index (κ1) is 35.9. The molecule has 2 rings (SSSR count). The van der Waals surface area contributed by atoms with Gasteiger partial charge in [0.25, 0.3) is 0 Å². The average molecular weight is 611 g/mol. The highest BCUT2D eigenvalue weighted by Gasteiger charge is 2.48. The number of esters is 1. The van der Waals surface area contributed by atoms with Gasteiger partial charge in [-0.15, -0.1) is 0 Å². The van der Waals surface area contributed by atoms with Gasteiger partial charge in [0.1, 0.15) is 30.7 Å². The van der Waals surface area contributed by atoms with Crippen LogP contribution >= 0.6 is 0 Å². The number of rotatable bonds is 17. The van der Waals surface area contributed by atoms with Gasteiger partial charge in [0, 0.05) is 31.5 Å². The molecule has 0 bridgehead atoms. The van der Waals surface area contributed by atoms with Crippen LogP contribution in [0.2, 0.25) is 0 Å². The number of nitrogens with one attached hydrogen (secondary N) is 2. The van der Waals surface area contributed by atoms with Gasteiger partial charge in [-0.2, -0.15) is 0 Å². The highest BCUT2D eigenvalue weighted by Crippen LogP contribution is 2.28. The van der Waals surface area contributed by atoms with Gasteiger partial charge in [0.15, 0.2) is 6.10 Å². The highest BCUT2D eigenvalue weighted by atomic mass is 16.7. The molecule has 1 fully saturated rings. The van der Waals surface area contributed by atoms with Crippen LogP contribution in [0.25, 0.3) is 0 Å². The molecule has 5 atom stereocenters. The minimum atomic E-state index is -1.88. The smallest absolute Gasteiger partial charge is 0.335 e. The predicted octanol–water partition coefficient (Wildman–Crippen LogP) is 1.39. The van der Waals surface area contributed by atoms with Crippen molar-refractivity contribution in [3.05, 3.63) is 29.3 Å². The number of unbranched alkanes of at least 4 members (excludes halogenated alkanes) is 2. The van der Waals surface area contributed by atoms with E-state index in [0.717, 1.165) is 25.7 Å². The number of hydrogen-bond acceptors (Lipinski definition) is 10. The summed E-state index contributed by atoms with van der Waals surface area (Å²) in [5.74, 6) is -2.05. The van der Waals surface area contributed by atoms with Crippen molar-refractivity contribution in [2.75, 3.05) is 6.54 Å². The lowest BCUT2D eigenvalue weighted by atomic mass is 9.99. The number of carboxylic acid groups (broad SMARTS) is 1. The van der Waals surface area contributed by atoms with Crippen molar-refractivity contribution >= 4 is 23.8 Å². The van der Waals surface area contributed by atoms with Crippen molar-refractivity contribution in [3.63, 3.8) is 0 Å². The van der Waals surface area contributed by atoms with E-state index in [2.05, 4.69) is 24.5 Å². The third-order valence-corrected chi connectivity index (χ3v) is 6.87. The molecule has 0 saturated carbocycles. The van der Waals surface area contributed by atoms with Crippen molar-refractivity contribution in [1.29, 1.82) is 0 Å². The minimum Gasteiger partial charge on any atom is -0.479 e. The number of amides is 2. The van der Waals surface area contributed by atoms with E-state index in [-0.39, 0.29) is 49.6 Å². The van der Waals surface area contributed by atoms with Gasteiger partial charge in [-0.3, -0.25) is 14.4 Å². The molecule has 1 saturated heterocycles. The number of carbonyl (C=O) groups excluding carboxylic acids is 3. The number of benzene rings is 1. The van der Waals surface area contributed by atoms with Crippen LogP contribution in [-0.4, -0.2) is 81.4 Å². The molecule has 43 heavy (non-hydrogen) atoms. The molecule has 1 aliphatic rings. The number of hydrogen-bond donors (Lipinski definition) is 6. The average Bonchev–Trinajstić information content (AvgIpc) is 2.95. The van der Waals surface area contributed by atoms with E-state index in [0.29, 0.717) is 23.5 Å². The topological polar surface area (TPSA) is 201 Å². The standard InChI is InChI=1S/C30H46N2O11/c1-17(2)8-6-5-7-9-22(33)31-13-12-23(34)32-15-20-14-19(16-41-29(40)18(3)4)10-11-21(20)42-30-26(37)24(35)25(36)27(43-30)28(38)39/h10-11,14,17-18,24-27,30,35-37H,5-9,12-13,15-16H2,1-4H3,(H,31,33)(H,32,34)(H,38,39). The fourth-order valence-electron chi connectivity index (χ4n) is 4.27. The molecule has 13 heteroatoms. The van der Waals surface area contributed by atoms with Crippen molar-refractivity contribution in [2.24, 2.45) is 11.8 Å². The molecule has 0 aromatic heterocycles. The molecule has 0 spiro atoms. The van der Waals surface area contributed by atoms with Crippen LogP contribution in [0.3, 0.4) is 0 Å². The number of carboxylic acids is 1. The molecular weight excluding hydrogens is 564 g/mol. The molecule has 2 amide bonds. The molecule has 1 aromatic rings. The summed E-state index contributed by atoms with van der Waals surface area (Å²) in [4.78, 5) is 48.0. The summed E-state index contributed by atoms with van der Waals surface area (Å²) in [6.07, 6.45) is -4.62. The fraction of sp³-hybridized carbons (Fsp3) is 0.667. The van der Waals surface area contributed by atoms with E-state index in [1.165, 1.54) is 6.07 Å². The quantitative estimate of drug-likeness (QED) is 0.110. The van der Waals surface area contributed by atoms with E-state index in [1.54, 1.807) is 26.0 Å². The third kappa shape index (κ3) is 12.1. The van der Waals surface area contributed by atoms with Crippen LogP contribution < -0.4 is 15.4 Å². The molecule has 1 aliphatic heterocycles. The van der Waals surface area contributed by atoms with E-state index in [1.807, 2.05) is 0 Å². The van der Waals surface area contributed by atoms with E-state index < -0.39 is 42.6 Å². The van der Waals surface area contributed by atoms with Gasteiger partial charge in [-0.25, -0.2) is 4.79 Å². The Balaban J connectivity index is 2.01. The molecule has 0 aliphatic carbocycles. The summed E-state index contributed by atoms with van der Waals surface area (Å²) >= 11 is 0. The largest absolute Gasteiger partial charge is 0.479 e. The minimum absolute atomic E-state index is 0.0236. The van der Waals surface area contributed by atoms with E-state index in [9.17, 15) is 39.6 Å². The Bertz CT molecular complexity index is 1080. The normalized spacial score (nSPS) is 21.8. The molecule has 1 heterocycles. The second-order valence-electron chi connectivity index (χ2n) is 11.4. The highest BCUT2D eigenvalue weighted by molar-refractivity contribution is 5.79. The van der Waals surface area contributed by atoms with Crippen molar-refractivity contribution in [1.82, 2.24) is 10.6 Å². The summed E-state index contributed by atoms with van der Waals surface area (Å²) in [6.45, 7) is 7.75. The van der Waals surface area contributed by atoms with Crippen molar-refractivity contribution in [2.45, 2.75) is 110 Å². The molecule has 242 valence electrons. The van der Waals surface area contributed by atoms with Crippen molar-refractivity contribution < 1.29 is 53.8 Å². The van der Waals surface area contributed by atoms with Gasteiger partial charge in [-0.05, 0) is 30.0 Å². The zero-order valence-electron chi connectivity index (χ0n) is 25.3. The number of ether oxygens (including phenoxy) is 3. The Morgan fingerprint density at radius 1 is 0.907 bits per heavy atom. The predicted molar refractivity (Wildman–Crippen MR) is 153 cm³/mol. The number of aliphatic hydroxyl groups excluding tert-OH is 3. The first-order valence-electron chi connectivity index (χ1n) is 14.7. The monoisotopic (exact) mass is 610 g/mol. The van der Waals surface area contributed by atoms with Gasteiger partial charge < -0.3 is 45.3 Å². The molecular formula is C30H46N2O11. The lowest BCUT2D eigenvalue weighted by Crippen LogP contribution is -2.61. The summed E-state index contributed by atoms with van der Waals surface area (Å²) in [5.41, 5.74) is 0.940. The summed E-state index contributed by atoms with van der Waals surface area (Å²) < 4.78 is 16.2. The summed E-state index contributed by atoms with van der Waals surface area (Å²) in [7, 11) is 0. The second-order valence-corrected chi connectivity index (χ2v) is 11.4. The maximum atomic E-state index is 12.5. The van der Waals surface area contributed by atoms with Crippen LogP contribution in [0.15, 0.2) is 18.2 Å². The second kappa shape index (κ2) is 17.8. The van der Waals surface area contributed by atoms with Crippen LogP contribution in [0.4, 0.5) is 0 Å². The van der Waals surface area contributed by atoms with Crippen LogP contribution in [0.1, 0.15) is 77.3 Å². The fourth-order valence-corrected chi connectivity index (χ4v) is 4.27. The van der Waals surface area contributed by atoms with Crippen LogP contribution in [-0.2, 0) is 41.8 Å².